The van der Waals surface area contributed by atoms with E-state index in [2.05, 4.69) is 19.2 Å². The zero-order chi connectivity index (χ0) is 12.3. The lowest BCUT2D eigenvalue weighted by atomic mass is 10.1. The first-order valence-electron chi connectivity index (χ1n) is 6.01. The number of aliphatic hydroxyl groups excluding tert-OH is 1. The van der Waals surface area contributed by atoms with Crippen molar-refractivity contribution in [2.45, 2.75) is 32.4 Å². The Morgan fingerprint density at radius 2 is 2.12 bits per heavy atom. The van der Waals surface area contributed by atoms with Crippen LogP contribution in [0.4, 0.5) is 0 Å². The van der Waals surface area contributed by atoms with Crippen molar-refractivity contribution in [3.63, 3.8) is 0 Å². The van der Waals surface area contributed by atoms with Gasteiger partial charge >= 0.3 is 0 Å². The third-order valence-corrected chi connectivity index (χ3v) is 3.08. The Bertz CT molecular complexity index is 381. The molecule has 0 amide bonds. The maximum Gasteiger partial charge on any atom is 0.231 e. The summed E-state index contributed by atoms with van der Waals surface area (Å²) >= 11 is 0. The van der Waals surface area contributed by atoms with Crippen LogP contribution in [0.25, 0.3) is 0 Å². The van der Waals surface area contributed by atoms with Gasteiger partial charge in [-0.15, -0.1) is 0 Å². The molecule has 0 radical (unpaired) electrons. The minimum Gasteiger partial charge on any atom is -0.454 e. The van der Waals surface area contributed by atoms with Gasteiger partial charge in [0.05, 0.1) is 12.6 Å². The minimum absolute atomic E-state index is 0.0561. The summed E-state index contributed by atoms with van der Waals surface area (Å²) in [5.74, 6) is 1.53. The summed E-state index contributed by atoms with van der Waals surface area (Å²) in [4.78, 5) is 0. The molecular weight excluding hydrogens is 218 g/mol. The zero-order valence-electron chi connectivity index (χ0n) is 10.3. The highest BCUT2D eigenvalue weighted by molar-refractivity contribution is 5.45. The number of hydrogen-bond donors (Lipinski definition) is 2. The summed E-state index contributed by atoms with van der Waals surface area (Å²) in [6.07, 6.45) is 1.03. The lowest BCUT2D eigenvalue weighted by Crippen LogP contribution is -2.32. The van der Waals surface area contributed by atoms with E-state index >= 15 is 0 Å². The standard InChI is InChI=1S/C13H19NO3/c1-3-9(2)14-11(7-15)10-4-5-12-13(6-10)17-8-16-12/h4-6,9,11,14-15H,3,7-8H2,1-2H3. The quantitative estimate of drug-likeness (QED) is 0.820. The number of fused-ring (bicyclic) bond motifs is 1. The zero-order valence-corrected chi connectivity index (χ0v) is 10.3. The molecule has 0 saturated heterocycles. The monoisotopic (exact) mass is 237 g/mol. The number of ether oxygens (including phenoxy) is 2. The molecule has 1 aromatic carbocycles. The lowest BCUT2D eigenvalue weighted by molar-refractivity contribution is 0.174. The SMILES string of the molecule is CCC(C)NC(CO)c1ccc2c(c1)OCO2. The van der Waals surface area contributed by atoms with E-state index in [-0.39, 0.29) is 19.4 Å². The molecule has 17 heavy (non-hydrogen) atoms. The van der Waals surface area contributed by atoms with Gasteiger partial charge in [0.1, 0.15) is 0 Å². The van der Waals surface area contributed by atoms with E-state index in [0.29, 0.717) is 6.04 Å². The summed E-state index contributed by atoms with van der Waals surface area (Å²) in [5, 5.41) is 12.8. The Labute approximate surface area is 102 Å². The van der Waals surface area contributed by atoms with Gasteiger partial charge in [0.2, 0.25) is 6.79 Å². The van der Waals surface area contributed by atoms with Gasteiger partial charge in [0.15, 0.2) is 11.5 Å². The highest BCUT2D eigenvalue weighted by atomic mass is 16.7. The summed E-state index contributed by atoms with van der Waals surface area (Å²) < 4.78 is 10.6. The first kappa shape index (κ1) is 12.2. The summed E-state index contributed by atoms with van der Waals surface area (Å²) in [7, 11) is 0. The summed E-state index contributed by atoms with van der Waals surface area (Å²) in [6, 6.07) is 6.10. The van der Waals surface area contributed by atoms with Crippen LogP contribution in [-0.4, -0.2) is 24.5 Å². The number of hydrogen-bond acceptors (Lipinski definition) is 4. The minimum atomic E-state index is -0.0561. The van der Waals surface area contributed by atoms with Crippen LogP contribution in [-0.2, 0) is 0 Å². The molecule has 1 aliphatic rings. The summed E-state index contributed by atoms with van der Waals surface area (Å²) in [5.41, 5.74) is 1.03. The van der Waals surface area contributed by atoms with E-state index in [1.54, 1.807) is 0 Å². The van der Waals surface area contributed by atoms with E-state index < -0.39 is 0 Å². The molecular formula is C13H19NO3. The third-order valence-electron chi connectivity index (χ3n) is 3.08. The van der Waals surface area contributed by atoms with E-state index in [9.17, 15) is 5.11 Å². The van der Waals surface area contributed by atoms with E-state index in [1.165, 1.54) is 0 Å². The predicted octanol–water partition coefficient (Wildman–Crippen LogP) is 1.84. The van der Waals surface area contributed by atoms with Crippen LogP contribution < -0.4 is 14.8 Å². The molecule has 2 N–H and O–H groups in total. The fourth-order valence-electron chi connectivity index (χ4n) is 1.85. The lowest BCUT2D eigenvalue weighted by Gasteiger charge is -2.21. The molecule has 1 aliphatic heterocycles. The fourth-order valence-corrected chi connectivity index (χ4v) is 1.85. The molecule has 1 heterocycles. The van der Waals surface area contributed by atoms with Crippen LogP contribution in [0.3, 0.4) is 0 Å². The van der Waals surface area contributed by atoms with E-state index in [4.69, 9.17) is 9.47 Å². The Balaban J connectivity index is 2.14. The van der Waals surface area contributed by atoms with Crippen molar-refractivity contribution in [2.24, 2.45) is 0 Å². The van der Waals surface area contributed by atoms with Crippen LogP contribution >= 0.6 is 0 Å². The number of aliphatic hydroxyl groups is 1. The maximum atomic E-state index is 9.44. The number of nitrogens with one attached hydrogen (secondary N) is 1. The maximum absolute atomic E-state index is 9.44. The molecule has 2 atom stereocenters. The molecule has 0 bridgehead atoms. The van der Waals surface area contributed by atoms with Crippen molar-refractivity contribution >= 4 is 0 Å². The highest BCUT2D eigenvalue weighted by Crippen LogP contribution is 2.34. The summed E-state index contributed by atoms with van der Waals surface area (Å²) in [6.45, 7) is 4.58. The molecule has 0 saturated carbocycles. The largest absolute Gasteiger partial charge is 0.454 e. The van der Waals surface area contributed by atoms with Gasteiger partial charge in [-0.25, -0.2) is 0 Å². The Morgan fingerprint density at radius 1 is 1.35 bits per heavy atom. The van der Waals surface area contributed by atoms with E-state index in [0.717, 1.165) is 23.5 Å². The van der Waals surface area contributed by atoms with Gasteiger partial charge in [0.25, 0.3) is 0 Å². The number of benzene rings is 1. The Kier molecular flexibility index (Phi) is 3.86. The van der Waals surface area contributed by atoms with Crippen molar-refractivity contribution in [2.75, 3.05) is 13.4 Å². The predicted molar refractivity (Wildman–Crippen MR) is 65.3 cm³/mol. The third kappa shape index (κ3) is 2.70. The van der Waals surface area contributed by atoms with Crippen molar-refractivity contribution in [1.29, 1.82) is 0 Å². The Morgan fingerprint density at radius 3 is 2.82 bits per heavy atom. The fraction of sp³-hybridized carbons (Fsp3) is 0.538. The second-order valence-corrected chi connectivity index (χ2v) is 4.32. The molecule has 2 rings (SSSR count). The van der Waals surface area contributed by atoms with Gasteiger partial charge in [-0.3, -0.25) is 0 Å². The molecule has 2 unspecified atom stereocenters. The normalized spacial score (nSPS) is 16.9. The first-order valence-corrected chi connectivity index (χ1v) is 6.01. The molecule has 0 fully saturated rings. The topological polar surface area (TPSA) is 50.7 Å². The molecule has 94 valence electrons. The van der Waals surface area contributed by atoms with Crippen molar-refractivity contribution in [3.05, 3.63) is 23.8 Å². The molecule has 0 aliphatic carbocycles. The molecule has 1 aromatic rings. The van der Waals surface area contributed by atoms with Crippen LogP contribution in [0.15, 0.2) is 18.2 Å². The van der Waals surface area contributed by atoms with Crippen molar-refractivity contribution in [1.82, 2.24) is 5.32 Å². The smallest absolute Gasteiger partial charge is 0.231 e. The van der Waals surface area contributed by atoms with E-state index in [1.807, 2.05) is 18.2 Å². The van der Waals surface area contributed by atoms with Crippen LogP contribution in [0, 0.1) is 0 Å². The second kappa shape index (κ2) is 5.38. The van der Waals surface area contributed by atoms with Crippen LogP contribution in [0.5, 0.6) is 11.5 Å². The van der Waals surface area contributed by atoms with Gasteiger partial charge in [-0.1, -0.05) is 13.0 Å². The molecule has 0 aromatic heterocycles. The first-order chi connectivity index (χ1) is 8.24. The molecule has 0 spiro atoms. The Hall–Kier alpha value is -1.26. The van der Waals surface area contributed by atoms with Gasteiger partial charge in [-0.05, 0) is 31.0 Å². The molecule has 4 nitrogen and oxygen atoms in total. The van der Waals surface area contributed by atoms with Crippen LogP contribution in [0.1, 0.15) is 31.9 Å². The van der Waals surface area contributed by atoms with Crippen molar-refractivity contribution < 1.29 is 14.6 Å². The number of rotatable bonds is 5. The van der Waals surface area contributed by atoms with Crippen LogP contribution in [0.2, 0.25) is 0 Å². The van der Waals surface area contributed by atoms with Crippen molar-refractivity contribution in [3.8, 4) is 11.5 Å². The highest BCUT2D eigenvalue weighted by Gasteiger charge is 2.18. The average Bonchev–Trinajstić information content (AvgIpc) is 2.82. The van der Waals surface area contributed by atoms with Gasteiger partial charge < -0.3 is 19.9 Å². The van der Waals surface area contributed by atoms with Gasteiger partial charge in [-0.2, -0.15) is 0 Å². The average molecular weight is 237 g/mol. The second-order valence-electron chi connectivity index (χ2n) is 4.32. The molecule has 4 heteroatoms. The van der Waals surface area contributed by atoms with Gasteiger partial charge in [0, 0.05) is 6.04 Å².